The Bertz CT molecular complexity index is 5350. The molecule has 91 heavy (non-hydrogen) atoms. The molecule has 3 aromatic heterocycles. The van der Waals surface area contributed by atoms with Gasteiger partial charge in [-0.25, -0.2) is 9.97 Å². The van der Waals surface area contributed by atoms with Crippen LogP contribution in [0.3, 0.4) is 0 Å². The van der Waals surface area contributed by atoms with E-state index in [2.05, 4.69) is 322 Å². The maximum absolute atomic E-state index is 4.46. The quantitative estimate of drug-likeness (QED) is 0.154. The number of hydrogen-bond acceptors (Lipinski definition) is 2. The lowest BCUT2D eigenvalue weighted by atomic mass is 10.0. The Morgan fingerprint density at radius 2 is 0.516 bits per heavy atom. The molecule has 3 nitrogen and oxygen atoms in total. The highest BCUT2D eigenvalue weighted by atomic mass is 14.7. The lowest BCUT2D eigenvalue weighted by Crippen LogP contribution is -1.85. The van der Waals surface area contributed by atoms with Gasteiger partial charge in [-0.15, -0.1) is 0 Å². The number of nitrogens with one attached hydrogen (secondary N) is 1. The molecule has 0 saturated heterocycles. The maximum atomic E-state index is 4.46. The van der Waals surface area contributed by atoms with Crippen molar-refractivity contribution < 1.29 is 0 Å². The molecule has 0 aliphatic carbocycles. The number of fused-ring (bicyclic) bond motifs is 5. The summed E-state index contributed by atoms with van der Waals surface area (Å²) < 4.78 is 0. The molecule has 0 unspecified atom stereocenters. The summed E-state index contributed by atoms with van der Waals surface area (Å²) in [5, 5.41) is 10.9. The molecule has 3 heterocycles. The molecule has 0 aliphatic heterocycles. The predicted molar refractivity (Wildman–Crippen MR) is 380 cm³/mol. The summed E-state index contributed by atoms with van der Waals surface area (Å²) in [5.41, 5.74) is 19.8. The van der Waals surface area contributed by atoms with E-state index in [0.717, 1.165) is 77.9 Å². The van der Waals surface area contributed by atoms with Crippen molar-refractivity contribution >= 4 is 54.0 Å². The highest BCUT2D eigenvalue weighted by Gasteiger charge is 2.06. The second-order valence-electron chi connectivity index (χ2n) is 22.8. The second kappa shape index (κ2) is 27.6. The van der Waals surface area contributed by atoms with E-state index in [1.165, 1.54) is 76.5 Å². The first-order valence-corrected chi connectivity index (χ1v) is 30.2. The number of pyridine rings is 2. The maximum Gasteiger partial charge on any atom is 0.113 e. The fourth-order valence-corrected chi connectivity index (χ4v) is 10.3. The summed E-state index contributed by atoms with van der Waals surface area (Å²) in [5.74, 6) is 38.7. The van der Waals surface area contributed by atoms with Crippen LogP contribution in [0.1, 0.15) is 100 Å². The molecular weight excluding hydrogens is 1100 g/mol. The molecule has 0 fully saturated rings. The smallest absolute Gasteiger partial charge is 0.113 e. The molecular formula is C88H61N3. The van der Waals surface area contributed by atoms with E-state index in [1.54, 1.807) is 12.4 Å². The summed E-state index contributed by atoms with van der Waals surface area (Å²) >= 11 is 0. The van der Waals surface area contributed by atoms with Crippen molar-refractivity contribution in [2.75, 3.05) is 0 Å². The van der Waals surface area contributed by atoms with Crippen LogP contribution in [0.2, 0.25) is 0 Å². The minimum absolute atomic E-state index is 0.737. The normalized spacial score (nSPS) is 10.2. The molecule has 0 bridgehead atoms. The average molecular weight is 1160 g/mol. The van der Waals surface area contributed by atoms with Gasteiger partial charge in [-0.05, 0) is 212 Å². The van der Waals surface area contributed by atoms with Crippen LogP contribution in [0.4, 0.5) is 0 Å². The van der Waals surface area contributed by atoms with Crippen LogP contribution < -0.4 is 0 Å². The zero-order valence-corrected chi connectivity index (χ0v) is 51.6. The Balaban J connectivity index is 0.000000132. The van der Waals surface area contributed by atoms with Gasteiger partial charge in [-0.3, -0.25) is 0 Å². The molecule has 1 N–H and O–H groups in total. The standard InChI is InChI=1S/C31H21N.C30H21N.C27H19N/c1-22-3-11-29-19-24(7-13-27(29)17-22)5-6-26-10-16-31(32-21-26)15-9-25-8-14-28-18-23(2)4-12-30(28)20-25;1-21-3-6-23(7-4-21)8-13-26-16-15-25(29-17-18-31-30(26)29)12-9-24-10-14-27-19-22(2)5-11-28(27)20-24;1-20-3-6-22(7-4-20)11-15-27-16-12-24(19-28-27)9-8-23-10-14-25-17-21(2)5-13-26(25)18-23/h3-4,7-8,10-14,16-21H,1-2H3;3-7,10-11,14-20,31H,1-2H3;3-7,10,12-14,16-19H,1-2H3. The van der Waals surface area contributed by atoms with Crippen LogP contribution in [0.5, 0.6) is 0 Å². The zero-order valence-electron chi connectivity index (χ0n) is 51.6. The molecule has 0 radical (unpaired) electrons. The number of aromatic amines is 1. The molecule has 14 aromatic rings. The highest BCUT2D eigenvalue weighted by molar-refractivity contribution is 5.91. The third-order valence-electron chi connectivity index (χ3n) is 15.4. The second-order valence-corrected chi connectivity index (χ2v) is 22.8. The van der Waals surface area contributed by atoms with E-state index in [1.807, 2.05) is 48.7 Å². The van der Waals surface area contributed by atoms with Crippen molar-refractivity contribution in [3.8, 4) is 71.0 Å². The molecule has 3 heteroatoms. The summed E-state index contributed by atoms with van der Waals surface area (Å²) in [6.45, 7) is 12.6. The number of aryl methyl sites for hydroxylation is 6. The monoisotopic (exact) mass is 1160 g/mol. The van der Waals surface area contributed by atoms with Crippen LogP contribution in [0, 0.1) is 113 Å². The van der Waals surface area contributed by atoms with Gasteiger partial charge >= 0.3 is 0 Å². The van der Waals surface area contributed by atoms with E-state index in [-0.39, 0.29) is 0 Å². The molecule has 0 aliphatic rings. The molecule has 0 spiro atoms. The fourth-order valence-electron chi connectivity index (χ4n) is 10.3. The number of H-pyrrole nitrogens is 1. The lowest BCUT2D eigenvalue weighted by molar-refractivity contribution is 1.27. The number of hydrogen-bond donors (Lipinski definition) is 1. The van der Waals surface area contributed by atoms with Crippen molar-refractivity contribution in [3.05, 3.63) is 356 Å². The third kappa shape index (κ3) is 15.6. The van der Waals surface area contributed by atoms with Gasteiger partial charge < -0.3 is 4.98 Å². The van der Waals surface area contributed by atoms with Crippen molar-refractivity contribution in [2.24, 2.45) is 0 Å². The number of aromatic nitrogens is 3. The molecule has 0 saturated carbocycles. The van der Waals surface area contributed by atoms with Crippen molar-refractivity contribution in [1.82, 2.24) is 15.0 Å². The molecule has 428 valence electrons. The number of rotatable bonds is 0. The predicted octanol–water partition coefficient (Wildman–Crippen LogP) is 19.2. The molecule has 14 rings (SSSR count). The van der Waals surface area contributed by atoms with E-state index in [4.69, 9.17) is 0 Å². The molecule has 0 amide bonds. The minimum Gasteiger partial charge on any atom is -0.360 e. The lowest BCUT2D eigenvalue weighted by Gasteiger charge is -2.01. The Morgan fingerprint density at radius 1 is 0.231 bits per heavy atom. The van der Waals surface area contributed by atoms with Gasteiger partial charge in [0.2, 0.25) is 0 Å². The average Bonchev–Trinajstić information content (AvgIpc) is 2.11. The van der Waals surface area contributed by atoms with Crippen LogP contribution in [-0.4, -0.2) is 15.0 Å². The van der Waals surface area contributed by atoms with Gasteiger partial charge in [0, 0.05) is 79.6 Å². The van der Waals surface area contributed by atoms with Crippen molar-refractivity contribution in [3.63, 3.8) is 0 Å². The van der Waals surface area contributed by atoms with Crippen LogP contribution in [0.25, 0.3) is 54.0 Å². The summed E-state index contributed by atoms with van der Waals surface area (Å²) in [7, 11) is 0. The minimum atomic E-state index is 0.737. The van der Waals surface area contributed by atoms with E-state index in [0.29, 0.717) is 0 Å². The van der Waals surface area contributed by atoms with Gasteiger partial charge in [0.25, 0.3) is 0 Å². The van der Waals surface area contributed by atoms with E-state index >= 15 is 0 Å². The Hall–Kier alpha value is -12.3. The Kier molecular flexibility index (Phi) is 17.9. The van der Waals surface area contributed by atoms with Gasteiger partial charge in [0.1, 0.15) is 11.4 Å². The number of benzene rings is 11. The zero-order chi connectivity index (χ0) is 62.5. The molecule has 0 atom stereocenters. The first-order valence-electron chi connectivity index (χ1n) is 30.2. The summed E-state index contributed by atoms with van der Waals surface area (Å²) in [6.07, 6.45) is 5.51. The highest BCUT2D eigenvalue weighted by Crippen LogP contribution is 2.24. The largest absolute Gasteiger partial charge is 0.360 e. The molecule has 11 aromatic carbocycles. The first-order chi connectivity index (χ1) is 44.4. The SMILES string of the molecule is Cc1ccc(C#Cc2ccc(C#Cc3ccc4cc(C)ccc4c3)c3cc[nH]c23)cc1.Cc1ccc(C#Cc2ccc(C#Cc3ccc4cc(C)ccc4c3)cn2)cc1.Cc1ccc2cc(C#Cc3ccc(C#Cc4ccc5cc(C)ccc5c4)nc3)ccc2c1. The van der Waals surface area contributed by atoms with Crippen molar-refractivity contribution in [1.29, 1.82) is 0 Å². The topological polar surface area (TPSA) is 41.6 Å². The van der Waals surface area contributed by atoms with Crippen LogP contribution in [0.15, 0.2) is 255 Å². The van der Waals surface area contributed by atoms with Gasteiger partial charge in [-0.2, -0.15) is 0 Å². The summed E-state index contributed by atoms with van der Waals surface area (Å²) in [4.78, 5) is 12.2. The third-order valence-corrected chi connectivity index (χ3v) is 15.4. The Labute approximate surface area is 534 Å². The van der Waals surface area contributed by atoms with Gasteiger partial charge in [0.15, 0.2) is 0 Å². The van der Waals surface area contributed by atoms with Gasteiger partial charge in [-0.1, -0.05) is 214 Å². The fraction of sp³-hybridized carbons (Fsp3) is 0.0682. The Morgan fingerprint density at radius 3 is 0.912 bits per heavy atom. The van der Waals surface area contributed by atoms with E-state index in [9.17, 15) is 0 Å². The summed E-state index contributed by atoms with van der Waals surface area (Å²) in [6, 6.07) is 81.5. The number of nitrogens with zero attached hydrogens (tertiary/aromatic N) is 2. The van der Waals surface area contributed by atoms with Crippen LogP contribution in [-0.2, 0) is 0 Å². The first kappa shape index (κ1) is 59.0. The van der Waals surface area contributed by atoms with Gasteiger partial charge in [0.05, 0.1) is 5.52 Å². The van der Waals surface area contributed by atoms with Crippen molar-refractivity contribution in [2.45, 2.75) is 41.5 Å². The van der Waals surface area contributed by atoms with E-state index < -0.39 is 0 Å². The van der Waals surface area contributed by atoms with Crippen LogP contribution >= 0.6 is 0 Å².